The molecule has 23 heavy (non-hydrogen) atoms. The van der Waals surface area contributed by atoms with E-state index in [0.717, 1.165) is 10.9 Å². The molecule has 1 heterocycles. The molecule has 0 spiro atoms. The number of aliphatic hydroxyl groups excluding tert-OH is 1. The Balaban J connectivity index is 2.34. The van der Waals surface area contributed by atoms with Crippen LogP contribution in [-0.4, -0.2) is 17.8 Å². The molecule has 0 unspecified atom stereocenters. The Kier molecular flexibility index (Phi) is 6.22. The summed E-state index contributed by atoms with van der Waals surface area (Å²) in [5.41, 5.74) is 5.81. The fraction of sp³-hybridized carbons (Fsp3) is 0.267. The number of rotatable bonds is 6. The lowest BCUT2D eigenvalue weighted by Crippen LogP contribution is -2.28. The number of benzene rings is 1. The summed E-state index contributed by atoms with van der Waals surface area (Å²) < 4.78 is 19.3. The van der Waals surface area contributed by atoms with E-state index in [-0.39, 0.29) is 22.9 Å². The predicted molar refractivity (Wildman–Crippen MR) is 88.5 cm³/mol. The molecular weight excluding hydrogens is 362 g/mol. The Morgan fingerprint density at radius 3 is 2.70 bits per heavy atom. The largest absolute Gasteiger partial charge is 0.483 e. The zero-order chi connectivity index (χ0) is 17.0. The van der Waals surface area contributed by atoms with Gasteiger partial charge >= 0.3 is 0 Å². The van der Waals surface area contributed by atoms with Crippen molar-refractivity contribution >= 4 is 34.5 Å². The SMILES string of the molecule is N#Cc1cc(F)c(Cl)cc1O[C@H](C[C@H](N)CO)c1cc(Cl)cs1. The Morgan fingerprint density at radius 1 is 1.39 bits per heavy atom. The topological polar surface area (TPSA) is 79.3 Å². The van der Waals surface area contributed by atoms with Gasteiger partial charge in [-0.15, -0.1) is 11.3 Å². The van der Waals surface area contributed by atoms with Crippen LogP contribution in [0.25, 0.3) is 0 Å². The quantitative estimate of drug-likeness (QED) is 0.803. The van der Waals surface area contributed by atoms with Crippen molar-refractivity contribution in [2.45, 2.75) is 18.6 Å². The number of nitrogens with zero attached hydrogens (tertiary/aromatic N) is 1. The Labute approximate surface area is 146 Å². The molecule has 0 aliphatic rings. The molecule has 2 atom stereocenters. The molecule has 0 bridgehead atoms. The van der Waals surface area contributed by atoms with Crippen LogP contribution in [0.1, 0.15) is 23.0 Å². The molecule has 1 aromatic carbocycles. The highest BCUT2D eigenvalue weighted by atomic mass is 35.5. The van der Waals surface area contributed by atoms with Gasteiger partial charge in [-0.05, 0) is 12.1 Å². The van der Waals surface area contributed by atoms with E-state index in [1.54, 1.807) is 11.4 Å². The van der Waals surface area contributed by atoms with Gasteiger partial charge in [-0.25, -0.2) is 4.39 Å². The minimum atomic E-state index is -0.696. The number of halogens is 3. The molecule has 2 rings (SSSR count). The van der Waals surface area contributed by atoms with Crippen LogP contribution in [0.3, 0.4) is 0 Å². The van der Waals surface area contributed by atoms with Crippen LogP contribution in [0.2, 0.25) is 10.0 Å². The minimum absolute atomic E-state index is 0.0251. The molecule has 0 saturated carbocycles. The maximum atomic E-state index is 13.5. The number of aliphatic hydroxyl groups is 1. The van der Waals surface area contributed by atoms with Gasteiger partial charge in [0.05, 0.1) is 22.2 Å². The van der Waals surface area contributed by atoms with Gasteiger partial charge < -0.3 is 15.6 Å². The van der Waals surface area contributed by atoms with E-state index in [2.05, 4.69) is 0 Å². The highest BCUT2D eigenvalue weighted by Crippen LogP contribution is 2.35. The fourth-order valence-corrected chi connectivity index (χ4v) is 3.21. The smallest absolute Gasteiger partial charge is 0.143 e. The van der Waals surface area contributed by atoms with Crippen LogP contribution < -0.4 is 10.5 Å². The van der Waals surface area contributed by atoms with Crippen molar-refractivity contribution in [2.75, 3.05) is 6.61 Å². The third-order valence-corrected chi connectivity index (χ3v) is 4.73. The lowest BCUT2D eigenvalue weighted by atomic mass is 10.1. The van der Waals surface area contributed by atoms with E-state index < -0.39 is 18.0 Å². The average molecular weight is 375 g/mol. The summed E-state index contributed by atoms with van der Waals surface area (Å²) in [4.78, 5) is 0.781. The van der Waals surface area contributed by atoms with Gasteiger partial charge in [-0.1, -0.05) is 23.2 Å². The summed E-state index contributed by atoms with van der Waals surface area (Å²) in [6, 6.07) is 5.34. The lowest BCUT2D eigenvalue weighted by Gasteiger charge is -2.21. The summed E-state index contributed by atoms with van der Waals surface area (Å²) in [5.74, 6) is -0.545. The molecule has 0 saturated heterocycles. The van der Waals surface area contributed by atoms with Crippen LogP contribution in [0.4, 0.5) is 4.39 Å². The number of thiophene rings is 1. The van der Waals surface area contributed by atoms with Crippen LogP contribution in [0.5, 0.6) is 5.75 Å². The van der Waals surface area contributed by atoms with Crippen molar-refractivity contribution in [3.8, 4) is 11.8 Å². The van der Waals surface area contributed by atoms with Crippen molar-refractivity contribution in [3.05, 3.63) is 49.9 Å². The first kappa shape index (κ1) is 18.0. The highest BCUT2D eigenvalue weighted by Gasteiger charge is 2.21. The van der Waals surface area contributed by atoms with Crippen LogP contribution in [0, 0.1) is 17.1 Å². The van der Waals surface area contributed by atoms with Gasteiger partial charge in [0.25, 0.3) is 0 Å². The zero-order valence-electron chi connectivity index (χ0n) is 11.8. The van der Waals surface area contributed by atoms with Crippen LogP contribution in [0.15, 0.2) is 23.6 Å². The van der Waals surface area contributed by atoms with Crippen LogP contribution in [-0.2, 0) is 0 Å². The maximum absolute atomic E-state index is 13.5. The molecule has 0 aliphatic carbocycles. The molecule has 8 heteroatoms. The second-order valence-corrected chi connectivity index (χ2v) is 6.61. The van der Waals surface area contributed by atoms with E-state index in [9.17, 15) is 4.39 Å². The fourth-order valence-electron chi connectivity index (χ4n) is 1.94. The molecule has 3 N–H and O–H groups in total. The molecule has 0 amide bonds. The summed E-state index contributed by atoms with van der Waals surface area (Å²) in [5, 5.41) is 20.4. The van der Waals surface area contributed by atoms with E-state index in [1.807, 2.05) is 6.07 Å². The first-order valence-electron chi connectivity index (χ1n) is 6.60. The third-order valence-electron chi connectivity index (χ3n) is 3.07. The van der Waals surface area contributed by atoms with E-state index in [0.29, 0.717) is 11.4 Å². The van der Waals surface area contributed by atoms with E-state index in [4.69, 9.17) is 44.0 Å². The molecule has 0 radical (unpaired) electrons. The molecule has 1 aromatic heterocycles. The van der Waals surface area contributed by atoms with Crippen LogP contribution >= 0.6 is 34.5 Å². The average Bonchev–Trinajstić information content (AvgIpc) is 2.96. The molecule has 122 valence electrons. The number of ether oxygens (including phenoxy) is 1. The van der Waals surface area contributed by atoms with Gasteiger partial charge in [0.1, 0.15) is 23.7 Å². The lowest BCUT2D eigenvalue weighted by molar-refractivity contribution is 0.164. The number of nitrogens with two attached hydrogens (primary N) is 1. The second-order valence-electron chi connectivity index (χ2n) is 4.83. The summed E-state index contributed by atoms with van der Waals surface area (Å²) in [6.45, 7) is -0.214. The summed E-state index contributed by atoms with van der Waals surface area (Å²) >= 11 is 13.1. The summed E-state index contributed by atoms with van der Waals surface area (Å²) in [7, 11) is 0. The Hall–Kier alpha value is -1.36. The maximum Gasteiger partial charge on any atom is 0.143 e. The van der Waals surface area contributed by atoms with Crippen molar-refractivity contribution in [2.24, 2.45) is 5.73 Å². The number of nitriles is 1. The van der Waals surface area contributed by atoms with Gasteiger partial charge in [-0.3, -0.25) is 0 Å². The third kappa shape index (κ3) is 4.56. The molecular formula is C15H13Cl2FN2O2S. The normalized spacial score (nSPS) is 13.4. The second kappa shape index (κ2) is 7.95. The van der Waals surface area contributed by atoms with Gasteiger partial charge in [0.2, 0.25) is 0 Å². The van der Waals surface area contributed by atoms with Crippen molar-refractivity contribution in [1.82, 2.24) is 0 Å². The Bertz CT molecular complexity index is 733. The van der Waals surface area contributed by atoms with Crippen molar-refractivity contribution in [1.29, 1.82) is 5.26 Å². The van der Waals surface area contributed by atoms with E-state index in [1.165, 1.54) is 17.4 Å². The van der Waals surface area contributed by atoms with Crippen molar-refractivity contribution < 1.29 is 14.2 Å². The molecule has 0 fully saturated rings. The monoisotopic (exact) mass is 374 g/mol. The molecule has 0 aliphatic heterocycles. The van der Waals surface area contributed by atoms with Gasteiger partial charge in [0, 0.05) is 28.8 Å². The first-order valence-corrected chi connectivity index (χ1v) is 8.24. The molecule has 2 aromatic rings. The first-order chi connectivity index (χ1) is 10.9. The minimum Gasteiger partial charge on any atom is -0.483 e. The molecule has 4 nitrogen and oxygen atoms in total. The van der Waals surface area contributed by atoms with Gasteiger partial charge in [-0.2, -0.15) is 5.26 Å². The van der Waals surface area contributed by atoms with E-state index >= 15 is 0 Å². The van der Waals surface area contributed by atoms with Crippen molar-refractivity contribution in [3.63, 3.8) is 0 Å². The number of hydrogen-bond acceptors (Lipinski definition) is 5. The Morgan fingerprint density at radius 2 is 2.13 bits per heavy atom. The standard InChI is InChI=1S/C15H13Cl2FN2O2S/c16-9-2-15(23-7-9)14(3-10(20)6-21)22-13-4-11(17)12(18)1-8(13)5-19/h1-2,4,7,10,14,21H,3,6,20H2/t10-,14+/m0/s1. The predicted octanol–water partition coefficient (Wildman–Crippen LogP) is 3.90. The number of hydrogen-bond donors (Lipinski definition) is 2. The highest BCUT2D eigenvalue weighted by molar-refractivity contribution is 7.10. The zero-order valence-corrected chi connectivity index (χ0v) is 14.1. The summed E-state index contributed by atoms with van der Waals surface area (Å²) in [6.07, 6.45) is -0.240. The van der Waals surface area contributed by atoms with Gasteiger partial charge in [0.15, 0.2) is 0 Å².